The van der Waals surface area contributed by atoms with Crippen LogP contribution in [0, 0.1) is 13.8 Å². The highest BCUT2D eigenvalue weighted by molar-refractivity contribution is 5.94. The van der Waals surface area contributed by atoms with Crippen molar-refractivity contribution in [2.75, 3.05) is 5.32 Å². The monoisotopic (exact) mass is 365 g/mol. The molecule has 3 aromatic rings. The summed E-state index contributed by atoms with van der Waals surface area (Å²) in [6.45, 7) is 5.37. The molecule has 6 nitrogen and oxygen atoms in total. The largest absolute Gasteiger partial charge is 0.481 e. The van der Waals surface area contributed by atoms with Gasteiger partial charge in [-0.1, -0.05) is 36.4 Å². The van der Waals surface area contributed by atoms with Crippen molar-refractivity contribution in [3.8, 4) is 11.4 Å². The second-order valence-corrected chi connectivity index (χ2v) is 6.45. The van der Waals surface area contributed by atoms with Gasteiger partial charge < -0.3 is 10.1 Å². The van der Waals surface area contributed by atoms with E-state index >= 15 is 0 Å². The highest BCUT2D eigenvalue weighted by atomic mass is 16.5. The molecule has 0 aliphatic carbocycles. The Kier molecular flexibility index (Phi) is 5.16. The summed E-state index contributed by atoms with van der Waals surface area (Å²) >= 11 is 0. The molecule has 0 aliphatic heterocycles. The van der Waals surface area contributed by atoms with Crippen LogP contribution in [0.3, 0.4) is 0 Å². The van der Waals surface area contributed by atoms with Gasteiger partial charge in [-0.15, -0.1) is 0 Å². The zero-order valence-corrected chi connectivity index (χ0v) is 15.9. The number of anilines is 1. The van der Waals surface area contributed by atoms with Crippen molar-refractivity contribution in [2.24, 2.45) is 7.05 Å². The highest BCUT2D eigenvalue weighted by Crippen LogP contribution is 2.19. The van der Waals surface area contributed by atoms with E-state index in [2.05, 4.69) is 5.32 Å². The SMILES string of the molecule is Cc1ccccc1O[C@H](C)C(=O)Nc1c(C)n(C)n(-c2ccccc2)c1=O. The molecule has 1 aromatic heterocycles. The summed E-state index contributed by atoms with van der Waals surface area (Å²) < 4.78 is 9.00. The van der Waals surface area contributed by atoms with Crippen molar-refractivity contribution >= 4 is 11.6 Å². The first-order valence-corrected chi connectivity index (χ1v) is 8.77. The Balaban J connectivity index is 1.84. The third kappa shape index (κ3) is 3.65. The second-order valence-electron chi connectivity index (χ2n) is 6.45. The predicted molar refractivity (Wildman–Crippen MR) is 106 cm³/mol. The van der Waals surface area contributed by atoms with Crippen LogP contribution in [0.25, 0.3) is 5.69 Å². The molecule has 0 fully saturated rings. The molecule has 0 aliphatic rings. The first kappa shape index (κ1) is 18.5. The lowest BCUT2D eigenvalue weighted by Crippen LogP contribution is -2.32. The predicted octanol–water partition coefficient (Wildman–Crippen LogP) is 3.20. The molecule has 6 heteroatoms. The van der Waals surface area contributed by atoms with E-state index in [9.17, 15) is 9.59 Å². The number of hydrogen-bond acceptors (Lipinski definition) is 3. The van der Waals surface area contributed by atoms with Crippen molar-refractivity contribution in [3.05, 3.63) is 76.2 Å². The average Bonchev–Trinajstić information content (AvgIpc) is 2.87. The number of carbonyl (C=O) groups excluding carboxylic acids is 1. The van der Waals surface area contributed by atoms with Gasteiger partial charge in [0.05, 0.1) is 11.4 Å². The van der Waals surface area contributed by atoms with Gasteiger partial charge in [0.2, 0.25) is 0 Å². The lowest BCUT2D eigenvalue weighted by Gasteiger charge is -2.15. The van der Waals surface area contributed by atoms with Crippen LogP contribution < -0.4 is 15.6 Å². The summed E-state index contributed by atoms with van der Waals surface area (Å²) in [6.07, 6.45) is -0.740. The van der Waals surface area contributed by atoms with E-state index < -0.39 is 6.10 Å². The Bertz CT molecular complexity index is 1020. The van der Waals surface area contributed by atoms with Gasteiger partial charge in [0, 0.05) is 7.05 Å². The molecule has 2 aromatic carbocycles. The zero-order valence-electron chi connectivity index (χ0n) is 15.9. The van der Waals surface area contributed by atoms with Crippen LogP contribution in [0.4, 0.5) is 5.69 Å². The molecule has 1 atom stereocenters. The Hall–Kier alpha value is -3.28. The number of hydrogen-bond donors (Lipinski definition) is 1. The molecule has 0 saturated carbocycles. The molecule has 0 bridgehead atoms. The number of rotatable bonds is 5. The average molecular weight is 365 g/mol. The quantitative estimate of drug-likeness (QED) is 0.755. The van der Waals surface area contributed by atoms with E-state index in [1.807, 2.05) is 61.5 Å². The van der Waals surface area contributed by atoms with Crippen LogP contribution in [0.2, 0.25) is 0 Å². The normalized spacial score (nSPS) is 11.9. The van der Waals surface area contributed by atoms with Crippen molar-refractivity contribution in [3.63, 3.8) is 0 Å². The number of benzene rings is 2. The summed E-state index contributed by atoms with van der Waals surface area (Å²) in [5, 5.41) is 2.73. The maximum atomic E-state index is 12.9. The number of nitrogens with zero attached hydrogens (tertiary/aromatic N) is 2. The van der Waals surface area contributed by atoms with Crippen LogP contribution in [0.15, 0.2) is 59.4 Å². The lowest BCUT2D eigenvalue weighted by atomic mass is 10.2. The fourth-order valence-corrected chi connectivity index (χ4v) is 2.87. The lowest BCUT2D eigenvalue weighted by molar-refractivity contribution is -0.122. The van der Waals surface area contributed by atoms with Crippen molar-refractivity contribution in [2.45, 2.75) is 26.9 Å². The molecular formula is C21H23N3O3. The standard InChI is InChI=1S/C21H23N3O3/c1-14-10-8-9-13-18(14)27-16(3)20(25)22-19-15(2)23(4)24(21(19)26)17-11-6-5-7-12-17/h5-13,16H,1-4H3,(H,22,25)/t16-/m1/s1. The van der Waals surface area contributed by atoms with Crippen molar-refractivity contribution in [1.29, 1.82) is 0 Å². The molecule has 1 N–H and O–H groups in total. The van der Waals surface area contributed by atoms with Gasteiger partial charge in [0.1, 0.15) is 11.4 Å². The minimum atomic E-state index is -0.740. The molecule has 0 radical (unpaired) electrons. The van der Waals surface area contributed by atoms with Gasteiger partial charge >= 0.3 is 0 Å². The Morgan fingerprint density at radius 1 is 1.04 bits per heavy atom. The Morgan fingerprint density at radius 2 is 1.67 bits per heavy atom. The highest BCUT2D eigenvalue weighted by Gasteiger charge is 2.22. The van der Waals surface area contributed by atoms with Gasteiger partial charge in [-0.3, -0.25) is 14.3 Å². The van der Waals surface area contributed by atoms with Crippen LogP contribution in [0.5, 0.6) is 5.75 Å². The summed E-state index contributed by atoms with van der Waals surface area (Å²) in [7, 11) is 1.78. The first-order valence-electron chi connectivity index (χ1n) is 8.77. The van der Waals surface area contributed by atoms with Crippen LogP contribution >= 0.6 is 0 Å². The number of para-hydroxylation sites is 2. The number of ether oxygens (including phenoxy) is 1. The van der Waals surface area contributed by atoms with Crippen molar-refractivity contribution in [1.82, 2.24) is 9.36 Å². The number of aryl methyl sites for hydroxylation is 1. The zero-order chi connectivity index (χ0) is 19.6. The number of nitrogens with one attached hydrogen (secondary N) is 1. The van der Waals surface area contributed by atoms with Crippen LogP contribution in [-0.4, -0.2) is 21.4 Å². The van der Waals surface area contributed by atoms with Gasteiger partial charge in [-0.2, -0.15) is 0 Å². The van der Waals surface area contributed by atoms with E-state index in [1.54, 1.807) is 25.6 Å². The minimum Gasteiger partial charge on any atom is -0.481 e. The number of carbonyl (C=O) groups is 1. The summed E-state index contributed by atoms with van der Waals surface area (Å²) in [5.41, 5.74) is 2.32. The van der Waals surface area contributed by atoms with E-state index in [4.69, 9.17) is 4.74 Å². The summed E-state index contributed by atoms with van der Waals surface area (Å²) in [6, 6.07) is 16.8. The van der Waals surface area contributed by atoms with Crippen molar-refractivity contribution < 1.29 is 9.53 Å². The molecule has 1 amide bonds. The second kappa shape index (κ2) is 7.53. The topological polar surface area (TPSA) is 65.3 Å². The van der Waals surface area contributed by atoms with E-state index in [0.29, 0.717) is 11.4 Å². The molecule has 0 saturated heterocycles. The minimum absolute atomic E-state index is 0.256. The van der Waals surface area contributed by atoms with Gasteiger partial charge in [0.25, 0.3) is 11.5 Å². The first-order chi connectivity index (χ1) is 12.9. The van der Waals surface area contributed by atoms with E-state index in [1.165, 1.54) is 4.68 Å². The van der Waals surface area contributed by atoms with E-state index in [-0.39, 0.29) is 17.2 Å². The summed E-state index contributed by atoms with van der Waals surface area (Å²) in [4.78, 5) is 25.5. The molecule has 3 rings (SSSR count). The molecule has 0 spiro atoms. The fraction of sp³-hybridized carbons (Fsp3) is 0.238. The smallest absolute Gasteiger partial charge is 0.295 e. The number of amides is 1. The number of aromatic nitrogens is 2. The van der Waals surface area contributed by atoms with Gasteiger partial charge in [0.15, 0.2) is 6.10 Å². The molecule has 0 unspecified atom stereocenters. The maximum Gasteiger partial charge on any atom is 0.295 e. The molecule has 140 valence electrons. The van der Waals surface area contributed by atoms with Crippen LogP contribution in [-0.2, 0) is 11.8 Å². The van der Waals surface area contributed by atoms with E-state index in [0.717, 1.165) is 11.3 Å². The van der Waals surface area contributed by atoms with Gasteiger partial charge in [-0.25, -0.2) is 4.68 Å². The Labute approximate surface area is 158 Å². The Morgan fingerprint density at radius 3 is 2.33 bits per heavy atom. The molecule has 27 heavy (non-hydrogen) atoms. The van der Waals surface area contributed by atoms with Gasteiger partial charge in [-0.05, 0) is 44.5 Å². The molecular weight excluding hydrogens is 342 g/mol. The molecule has 1 heterocycles. The maximum absolute atomic E-state index is 12.9. The third-order valence-electron chi connectivity index (χ3n) is 4.57. The fourth-order valence-electron chi connectivity index (χ4n) is 2.87. The van der Waals surface area contributed by atoms with Crippen LogP contribution in [0.1, 0.15) is 18.2 Å². The summed E-state index contributed by atoms with van der Waals surface area (Å²) in [5.74, 6) is 0.274. The third-order valence-corrected chi connectivity index (χ3v) is 4.57.